The first-order valence-corrected chi connectivity index (χ1v) is 8.29. The largest absolute Gasteiger partial charge is 0.481 e. The Morgan fingerprint density at radius 2 is 1.76 bits per heavy atom. The van der Waals surface area contributed by atoms with Gasteiger partial charge in [0.1, 0.15) is 0 Å². The minimum atomic E-state index is -0.995. The van der Waals surface area contributed by atoms with Crippen molar-refractivity contribution < 1.29 is 19.5 Å². The first kappa shape index (κ1) is 20.8. The van der Waals surface area contributed by atoms with Gasteiger partial charge in [0.15, 0.2) is 0 Å². The highest BCUT2D eigenvalue weighted by Crippen LogP contribution is 2.20. The fourth-order valence-electron chi connectivity index (χ4n) is 2.08. The van der Waals surface area contributed by atoms with E-state index in [1.54, 1.807) is 31.2 Å². The lowest BCUT2D eigenvalue weighted by molar-refractivity contribution is -0.139. The molecule has 25 heavy (non-hydrogen) atoms. The number of nitrogens with one attached hydrogen (secondary N) is 3. The zero-order chi connectivity index (χ0) is 19.0. The summed E-state index contributed by atoms with van der Waals surface area (Å²) in [6, 6.07) is 6.53. The van der Waals surface area contributed by atoms with Gasteiger partial charge >= 0.3 is 12.0 Å². The van der Waals surface area contributed by atoms with Crippen molar-refractivity contribution in [1.82, 2.24) is 16.0 Å². The van der Waals surface area contributed by atoms with Gasteiger partial charge in [-0.3, -0.25) is 9.59 Å². The number of hydrogen-bond donors (Lipinski definition) is 4. The summed E-state index contributed by atoms with van der Waals surface area (Å²) in [6.07, 6.45) is -0.195. The number of aliphatic carboxylic acids is 1. The molecule has 0 aliphatic rings. The van der Waals surface area contributed by atoms with Crippen LogP contribution in [-0.2, 0) is 16.1 Å². The Balaban J connectivity index is 2.42. The second kappa shape index (κ2) is 9.27. The summed E-state index contributed by atoms with van der Waals surface area (Å²) in [6.45, 7) is 5.39. The van der Waals surface area contributed by atoms with Crippen molar-refractivity contribution in [2.24, 2.45) is 5.92 Å². The van der Waals surface area contributed by atoms with E-state index in [-0.39, 0.29) is 18.9 Å². The molecule has 1 unspecified atom stereocenters. The highest BCUT2D eigenvalue weighted by atomic mass is 35.5. The van der Waals surface area contributed by atoms with Crippen molar-refractivity contribution in [2.45, 2.75) is 39.3 Å². The van der Waals surface area contributed by atoms with E-state index in [2.05, 4.69) is 16.0 Å². The summed E-state index contributed by atoms with van der Waals surface area (Å²) in [5.41, 5.74) is -0.0115. The Kier molecular flexibility index (Phi) is 7.70. The number of carboxylic acid groups (broad SMARTS) is 1. The normalized spacial score (nSPS) is 13.0. The molecule has 8 heteroatoms. The van der Waals surface area contributed by atoms with Crippen LogP contribution in [0.5, 0.6) is 0 Å². The van der Waals surface area contributed by atoms with E-state index in [9.17, 15) is 14.4 Å². The molecular formula is C17H24ClN3O4. The lowest BCUT2D eigenvalue weighted by Gasteiger charge is -2.33. The summed E-state index contributed by atoms with van der Waals surface area (Å²) in [5.74, 6) is -1.52. The van der Waals surface area contributed by atoms with E-state index in [4.69, 9.17) is 16.7 Å². The van der Waals surface area contributed by atoms with Gasteiger partial charge in [-0.05, 0) is 30.5 Å². The second-order valence-corrected chi connectivity index (χ2v) is 6.79. The molecule has 1 aromatic rings. The second-order valence-electron chi connectivity index (χ2n) is 6.35. The van der Waals surface area contributed by atoms with E-state index in [1.807, 2.05) is 13.8 Å². The zero-order valence-electron chi connectivity index (χ0n) is 14.6. The number of benzene rings is 1. The minimum Gasteiger partial charge on any atom is -0.481 e. The van der Waals surface area contributed by atoms with Crippen LogP contribution in [0.3, 0.4) is 0 Å². The lowest BCUT2D eigenvalue weighted by Crippen LogP contribution is -2.54. The lowest BCUT2D eigenvalue weighted by atomic mass is 9.85. The van der Waals surface area contributed by atoms with Crippen LogP contribution < -0.4 is 16.0 Å². The van der Waals surface area contributed by atoms with Gasteiger partial charge in [0.05, 0.1) is 18.5 Å². The molecule has 138 valence electrons. The van der Waals surface area contributed by atoms with Crippen LogP contribution in [0.2, 0.25) is 5.02 Å². The smallest absolute Gasteiger partial charge is 0.315 e. The summed E-state index contributed by atoms with van der Waals surface area (Å²) in [4.78, 5) is 34.7. The number of carbonyl (C=O) groups excluding carboxylic acids is 2. The SMILES string of the molecule is CC(C)C(C)(CC(=O)O)NC(=O)CNC(=O)NCc1ccc(Cl)cc1. The highest BCUT2D eigenvalue weighted by Gasteiger charge is 2.32. The average Bonchev–Trinajstić information content (AvgIpc) is 2.51. The van der Waals surface area contributed by atoms with Crippen molar-refractivity contribution in [3.05, 3.63) is 34.9 Å². The molecule has 0 radical (unpaired) electrons. The molecule has 0 spiro atoms. The maximum Gasteiger partial charge on any atom is 0.315 e. The Morgan fingerprint density at radius 1 is 1.16 bits per heavy atom. The molecule has 0 saturated carbocycles. The monoisotopic (exact) mass is 369 g/mol. The highest BCUT2D eigenvalue weighted by molar-refractivity contribution is 6.30. The van der Waals surface area contributed by atoms with Crippen LogP contribution in [0.1, 0.15) is 32.8 Å². The van der Waals surface area contributed by atoms with Crippen LogP contribution in [-0.4, -0.2) is 35.1 Å². The van der Waals surface area contributed by atoms with Crippen LogP contribution in [0.4, 0.5) is 4.79 Å². The van der Waals surface area contributed by atoms with Gasteiger partial charge in [-0.25, -0.2) is 4.79 Å². The fourth-order valence-corrected chi connectivity index (χ4v) is 2.20. The number of carbonyl (C=O) groups is 3. The number of amides is 3. The molecule has 4 N–H and O–H groups in total. The standard InChI is InChI=1S/C17H24ClN3O4/c1-11(2)17(3,8-15(23)24)21-14(22)10-20-16(25)19-9-12-4-6-13(18)7-5-12/h4-7,11H,8-10H2,1-3H3,(H,21,22)(H,23,24)(H2,19,20,25). The Morgan fingerprint density at radius 3 is 2.28 bits per heavy atom. The molecule has 0 bridgehead atoms. The summed E-state index contributed by atoms with van der Waals surface area (Å²) in [5, 5.41) is 17.3. The van der Waals surface area contributed by atoms with E-state index in [0.29, 0.717) is 11.6 Å². The third-order valence-corrected chi connectivity index (χ3v) is 4.25. The molecule has 0 fully saturated rings. The number of rotatable bonds is 8. The number of urea groups is 1. The van der Waals surface area contributed by atoms with Crippen LogP contribution >= 0.6 is 11.6 Å². The summed E-state index contributed by atoms with van der Waals surface area (Å²) >= 11 is 5.78. The maximum absolute atomic E-state index is 12.0. The predicted molar refractivity (Wildman–Crippen MR) is 95.3 cm³/mol. The van der Waals surface area contributed by atoms with Gasteiger partial charge in [-0.1, -0.05) is 37.6 Å². The van der Waals surface area contributed by atoms with E-state index < -0.39 is 23.4 Å². The molecule has 3 amide bonds. The minimum absolute atomic E-state index is 0.0775. The fraction of sp³-hybridized carbons (Fsp3) is 0.471. The van der Waals surface area contributed by atoms with E-state index in [0.717, 1.165) is 5.56 Å². The van der Waals surface area contributed by atoms with Gasteiger partial charge < -0.3 is 21.1 Å². The van der Waals surface area contributed by atoms with Crippen molar-refractivity contribution in [1.29, 1.82) is 0 Å². The average molecular weight is 370 g/mol. The molecule has 0 saturated heterocycles. The Hall–Kier alpha value is -2.28. The van der Waals surface area contributed by atoms with Gasteiger partial charge in [-0.15, -0.1) is 0 Å². The van der Waals surface area contributed by atoms with Gasteiger partial charge in [0.2, 0.25) is 5.91 Å². The molecule has 1 rings (SSSR count). The topological polar surface area (TPSA) is 108 Å². The Bertz CT molecular complexity index is 619. The molecule has 0 heterocycles. The third-order valence-electron chi connectivity index (χ3n) is 3.99. The van der Waals surface area contributed by atoms with Gasteiger partial charge in [-0.2, -0.15) is 0 Å². The van der Waals surface area contributed by atoms with Crippen molar-refractivity contribution >= 4 is 29.5 Å². The number of carboxylic acids is 1. The third kappa shape index (κ3) is 7.43. The van der Waals surface area contributed by atoms with E-state index >= 15 is 0 Å². The summed E-state index contributed by atoms with van der Waals surface area (Å²) in [7, 11) is 0. The quantitative estimate of drug-likeness (QED) is 0.563. The molecule has 0 aliphatic carbocycles. The molecule has 0 aliphatic heterocycles. The predicted octanol–water partition coefficient (Wildman–Crippen LogP) is 2.14. The molecule has 1 aromatic carbocycles. The van der Waals surface area contributed by atoms with Gasteiger partial charge in [0.25, 0.3) is 0 Å². The molecule has 7 nitrogen and oxygen atoms in total. The van der Waals surface area contributed by atoms with Crippen LogP contribution in [0.15, 0.2) is 24.3 Å². The van der Waals surface area contributed by atoms with Crippen molar-refractivity contribution in [2.75, 3.05) is 6.54 Å². The maximum atomic E-state index is 12.0. The molecular weight excluding hydrogens is 346 g/mol. The van der Waals surface area contributed by atoms with Crippen LogP contribution in [0, 0.1) is 5.92 Å². The van der Waals surface area contributed by atoms with E-state index in [1.165, 1.54) is 0 Å². The van der Waals surface area contributed by atoms with Crippen LogP contribution in [0.25, 0.3) is 0 Å². The summed E-state index contributed by atoms with van der Waals surface area (Å²) < 4.78 is 0. The first-order valence-electron chi connectivity index (χ1n) is 7.91. The number of hydrogen-bond acceptors (Lipinski definition) is 3. The molecule has 0 aromatic heterocycles. The van der Waals surface area contributed by atoms with Gasteiger partial charge in [0, 0.05) is 11.6 Å². The Labute approximate surface area is 152 Å². The number of halogens is 1. The van der Waals surface area contributed by atoms with Crippen molar-refractivity contribution in [3.63, 3.8) is 0 Å². The zero-order valence-corrected chi connectivity index (χ0v) is 15.3. The first-order chi connectivity index (χ1) is 11.6. The van der Waals surface area contributed by atoms with Crippen molar-refractivity contribution in [3.8, 4) is 0 Å². The molecule has 1 atom stereocenters.